The lowest BCUT2D eigenvalue weighted by atomic mass is 10.1. The number of fused-ring (bicyclic) bond motifs is 2. The molecule has 0 saturated carbocycles. The highest BCUT2D eigenvalue weighted by Crippen LogP contribution is 2.25. The smallest absolute Gasteiger partial charge is 0.282 e. The van der Waals surface area contributed by atoms with Crippen LogP contribution in [0.5, 0.6) is 0 Å². The van der Waals surface area contributed by atoms with Crippen molar-refractivity contribution in [3.63, 3.8) is 0 Å². The van der Waals surface area contributed by atoms with Crippen LogP contribution in [0.25, 0.3) is 33.2 Å². The molecular weight excluding hydrogens is 522 g/mol. The van der Waals surface area contributed by atoms with E-state index in [1.165, 1.54) is 4.68 Å². The van der Waals surface area contributed by atoms with Gasteiger partial charge in [0.15, 0.2) is 5.82 Å². The number of nitrogens with zero attached hydrogens (tertiary/aromatic N) is 4. The number of rotatable bonds is 6. The van der Waals surface area contributed by atoms with E-state index in [1.54, 1.807) is 36.5 Å². The Labute approximate surface area is 235 Å². The largest absolute Gasteiger partial charge is 0.335 e. The SMILES string of the molecule is Cc1c(C=Nn2c(-c3ccccc3)nc3ccccc3c2=O)c2ccccc2n1CC(=O)Nc1ccc(Cl)cc1. The van der Waals surface area contributed by atoms with Crippen molar-refractivity contribution in [3.05, 3.63) is 130 Å². The lowest BCUT2D eigenvalue weighted by Gasteiger charge is -2.10. The fourth-order valence-corrected chi connectivity index (χ4v) is 4.95. The van der Waals surface area contributed by atoms with Crippen LogP contribution in [0.1, 0.15) is 11.3 Å². The Morgan fingerprint density at radius 3 is 2.35 bits per heavy atom. The predicted octanol–water partition coefficient (Wildman–Crippen LogP) is 6.50. The first kappa shape index (κ1) is 25.3. The summed E-state index contributed by atoms with van der Waals surface area (Å²) < 4.78 is 3.29. The minimum absolute atomic E-state index is 0.107. The van der Waals surface area contributed by atoms with Crippen molar-refractivity contribution >= 4 is 51.2 Å². The van der Waals surface area contributed by atoms with Gasteiger partial charge in [-0.05, 0) is 49.4 Å². The number of anilines is 1. The van der Waals surface area contributed by atoms with E-state index in [4.69, 9.17) is 16.6 Å². The van der Waals surface area contributed by atoms with E-state index >= 15 is 0 Å². The molecule has 0 aliphatic carbocycles. The number of hydrogen-bond acceptors (Lipinski definition) is 4. The van der Waals surface area contributed by atoms with Gasteiger partial charge in [0.25, 0.3) is 5.56 Å². The van der Waals surface area contributed by atoms with E-state index < -0.39 is 0 Å². The molecule has 40 heavy (non-hydrogen) atoms. The number of aromatic nitrogens is 3. The third-order valence-corrected chi connectivity index (χ3v) is 7.05. The minimum atomic E-state index is -0.260. The number of halogens is 1. The summed E-state index contributed by atoms with van der Waals surface area (Å²) in [6.45, 7) is 2.05. The molecule has 2 aromatic heterocycles. The van der Waals surface area contributed by atoms with Crippen molar-refractivity contribution in [2.75, 3.05) is 5.32 Å². The van der Waals surface area contributed by atoms with Crippen molar-refractivity contribution in [1.29, 1.82) is 0 Å². The number of para-hydroxylation sites is 2. The van der Waals surface area contributed by atoms with Gasteiger partial charge in [-0.25, -0.2) is 4.98 Å². The van der Waals surface area contributed by atoms with Crippen LogP contribution in [-0.4, -0.2) is 26.3 Å². The summed E-state index contributed by atoms with van der Waals surface area (Å²) >= 11 is 5.97. The van der Waals surface area contributed by atoms with Crippen LogP contribution < -0.4 is 10.9 Å². The minimum Gasteiger partial charge on any atom is -0.335 e. The predicted molar refractivity (Wildman–Crippen MR) is 161 cm³/mol. The molecule has 4 aromatic carbocycles. The Bertz CT molecular complexity index is 1960. The highest BCUT2D eigenvalue weighted by molar-refractivity contribution is 6.30. The zero-order valence-corrected chi connectivity index (χ0v) is 22.3. The van der Waals surface area contributed by atoms with Gasteiger partial charge in [-0.15, -0.1) is 0 Å². The van der Waals surface area contributed by atoms with Gasteiger partial charge in [-0.1, -0.05) is 72.3 Å². The lowest BCUT2D eigenvalue weighted by Crippen LogP contribution is -2.20. The summed E-state index contributed by atoms with van der Waals surface area (Å²) in [5.41, 5.74) is 4.34. The first-order valence-electron chi connectivity index (χ1n) is 12.7. The van der Waals surface area contributed by atoms with E-state index in [1.807, 2.05) is 84.3 Å². The maximum absolute atomic E-state index is 13.6. The van der Waals surface area contributed by atoms with Gasteiger partial charge in [0.05, 0.1) is 17.1 Å². The highest BCUT2D eigenvalue weighted by atomic mass is 35.5. The molecule has 0 aliphatic heterocycles. The molecule has 6 aromatic rings. The Balaban J connectivity index is 1.42. The van der Waals surface area contributed by atoms with Crippen molar-refractivity contribution in [1.82, 2.24) is 14.2 Å². The molecule has 0 spiro atoms. The molecule has 0 bridgehead atoms. The van der Waals surface area contributed by atoms with Crippen LogP contribution in [0.2, 0.25) is 5.02 Å². The summed E-state index contributed by atoms with van der Waals surface area (Å²) in [5.74, 6) is 0.278. The van der Waals surface area contributed by atoms with E-state index in [9.17, 15) is 9.59 Å². The number of carbonyl (C=O) groups is 1. The number of benzene rings is 4. The van der Waals surface area contributed by atoms with Crippen LogP contribution in [0.3, 0.4) is 0 Å². The Morgan fingerprint density at radius 2 is 1.57 bits per heavy atom. The van der Waals surface area contributed by atoms with E-state index in [0.717, 1.165) is 27.7 Å². The van der Waals surface area contributed by atoms with Gasteiger partial charge in [0, 0.05) is 38.4 Å². The summed E-state index contributed by atoms with van der Waals surface area (Å²) in [4.78, 5) is 31.3. The second kappa shape index (κ2) is 10.6. The van der Waals surface area contributed by atoms with Crippen LogP contribution in [0, 0.1) is 6.92 Å². The first-order chi connectivity index (χ1) is 19.5. The fraction of sp³-hybridized carbons (Fsp3) is 0.0625. The van der Waals surface area contributed by atoms with Crippen LogP contribution in [0.15, 0.2) is 113 Å². The molecule has 0 radical (unpaired) electrons. The molecule has 0 unspecified atom stereocenters. The molecule has 0 atom stereocenters. The average molecular weight is 546 g/mol. The quantitative estimate of drug-likeness (QED) is 0.242. The maximum Gasteiger partial charge on any atom is 0.282 e. The second-order valence-electron chi connectivity index (χ2n) is 9.34. The molecule has 2 heterocycles. The van der Waals surface area contributed by atoms with Crippen LogP contribution in [-0.2, 0) is 11.3 Å². The second-order valence-corrected chi connectivity index (χ2v) is 9.77. The molecular formula is C32H24ClN5O2. The fourth-order valence-electron chi connectivity index (χ4n) is 4.82. The van der Waals surface area contributed by atoms with E-state index in [-0.39, 0.29) is 18.0 Å². The first-order valence-corrected chi connectivity index (χ1v) is 13.1. The summed E-state index contributed by atoms with van der Waals surface area (Å²) in [6.07, 6.45) is 1.68. The zero-order chi connectivity index (χ0) is 27.6. The normalized spacial score (nSPS) is 11.4. The number of nitrogens with one attached hydrogen (secondary N) is 1. The van der Waals surface area contributed by atoms with Gasteiger partial charge >= 0.3 is 0 Å². The van der Waals surface area contributed by atoms with Gasteiger partial charge in [0.1, 0.15) is 6.54 Å². The summed E-state index contributed by atoms with van der Waals surface area (Å²) in [5, 5.41) is 9.60. The number of carbonyl (C=O) groups excluding carboxylic acids is 1. The van der Waals surface area contributed by atoms with Gasteiger partial charge in [-0.2, -0.15) is 9.78 Å². The third kappa shape index (κ3) is 4.79. The van der Waals surface area contributed by atoms with Crippen LogP contribution in [0.4, 0.5) is 5.69 Å². The molecule has 0 fully saturated rings. The summed E-state index contributed by atoms with van der Waals surface area (Å²) in [7, 11) is 0. The third-order valence-electron chi connectivity index (χ3n) is 6.80. The van der Waals surface area contributed by atoms with Crippen molar-refractivity contribution in [2.45, 2.75) is 13.5 Å². The topological polar surface area (TPSA) is 81.3 Å². The van der Waals surface area contributed by atoms with E-state index in [0.29, 0.717) is 27.4 Å². The zero-order valence-electron chi connectivity index (χ0n) is 21.6. The molecule has 1 amide bonds. The van der Waals surface area contributed by atoms with Crippen LogP contribution >= 0.6 is 11.6 Å². The maximum atomic E-state index is 13.6. The van der Waals surface area contributed by atoms with Gasteiger partial charge < -0.3 is 9.88 Å². The van der Waals surface area contributed by atoms with Gasteiger partial charge in [0.2, 0.25) is 5.91 Å². The molecule has 0 saturated heterocycles. The van der Waals surface area contributed by atoms with Crippen molar-refractivity contribution < 1.29 is 4.79 Å². The van der Waals surface area contributed by atoms with E-state index in [2.05, 4.69) is 10.4 Å². The Kier molecular flexibility index (Phi) is 6.72. The number of hydrogen-bond donors (Lipinski definition) is 1. The molecule has 8 heteroatoms. The molecule has 196 valence electrons. The Hall–Kier alpha value is -5.01. The molecule has 0 aliphatic rings. The standard InChI is InChI=1S/C32H24ClN5O2/c1-21-27(25-11-6-8-14-29(25)37(21)20-30(39)35-24-17-15-23(33)16-18-24)19-34-38-31(22-9-3-2-4-10-22)36-28-13-7-5-12-26(28)32(38)40/h2-19H,20H2,1H3,(H,35,39). The Morgan fingerprint density at radius 1 is 0.900 bits per heavy atom. The molecule has 1 N–H and O–H groups in total. The van der Waals surface area contributed by atoms with Crippen molar-refractivity contribution in [3.8, 4) is 11.4 Å². The highest BCUT2D eigenvalue weighted by Gasteiger charge is 2.17. The molecule has 6 rings (SSSR count). The summed E-state index contributed by atoms with van der Waals surface area (Å²) in [6, 6.07) is 31.6. The average Bonchev–Trinajstić information content (AvgIpc) is 3.24. The molecule has 7 nitrogen and oxygen atoms in total. The van der Waals surface area contributed by atoms with Crippen molar-refractivity contribution in [2.24, 2.45) is 5.10 Å². The lowest BCUT2D eigenvalue weighted by molar-refractivity contribution is -0.116. The number of amides is 1. The monoisotopic (exact) mass is 545 g/mol. The van der Waals surface area contributed by atoms with Gasteiger partial charge in [-0.3, -0.25) is 9.59 Å².